The van der Waals surface area contributed by atoms with E-state index in [4.69, 9.17) is 0 Å². The van der Waals surface area contributed by atoms with Crippen LogP contribution in [0.4, 0.5) is 4.39 Å². The molecule has 8 heteroatoms. The summed E-state index contributed by atoms with van der Waals surface area (Å²) in [5.74, 6) is -0.594. The Morgan fingerprint density at radius 1 is 1.30 bits per heavy atom. The molecule has 0 bridgehead atoms. The summed E-state index contributed by atoms with van der Waals surface area (Å²) < 4.78 is 18.6. The van der Waals surface area contributed by atoms with Gasteiger partial charge in [-0.3, -0.25) is 9.48 Å². The van der Waals surface area contributed by atoms with Gasteiger partial charge in [-0.2, -0.15) is 5.10 Å². The lowest BCUT2D eigenvalue weighted by Gasteiger charge is -2.17. The third-order valence-electron chi connectivity index (χ3n) is 3.39. The van der Waals surface area contributed by atoms with Crippen molar-refractivity contribution in [2.75, 3.05) is 0 Å². The monoisotopic (exact) mass is 331 g/mol. The van der Waals surface area contributed by atoms with Gasteiger partial charge in [-0.05, 0) is 36.2 Å². The number of carbonyl (C=O) groups is 1. The van der Waals surface area contributed by atoms with E-state index in [9.17, 15) is 9.18 Å². The number of hydrogen-bond donors (Lipinski definition) is 1. The zero-order chi connectivity index (χ0) is 16.4. The molecule has 1 N–H and O–H groups in total. The van der Waals surface area contributed by atoms with Gasteiger partial charge in [0.1, 0.15) is 10.7 Å². The van der Waals surface area contributed by atoms with Crippen LogP contribution in [0.1, 0.15) is 32.5 Å². The molecule has 0 saturated heterocycles. The van der Waals surface area contributed by atoms with Crippen molar-refractivity contribution in [2.24, 2.45) is 7.05 Å². The molecule has 0 spiro atoms. The summed E-state index contributed by atoms with van der Waals surface area (Å²) in [5, 5.41) is 10.9. The Morgan fingerprint density at radius 2 is 2.04 bits per heavy atom. The van der Waals surface area contributed by atoms with Crippen molar-refractivity contribution in [1.82, 2.24) is 24.7 Å². The Morgan fingerprint density at radius 3 is 2.61 bits per heavy atom. The number of nitrogens with zero attached hydrogens (tertiary/aromatic N) is 4. The lowest BCUT2D eigenvalue weighted by atomic mass is 10.0. The van der Waals surface area contributed by atoms with E-state index in [1.807, 2.05) is 6.20 Å². The van der Waals surface area contributed by atoms with Crippen molar-refractivity contribution in [1.29, 1.82) is 0 Å². The lowest BCUT2D eigenvalue weighted by Crippen LogP contribution is -2.29. The molecule has 3 rings (SSSR count). The summed E-state index contributed by atoms with van der Waals surface area (Å²) in [6, 6.07) is 5.59. The van der Waals surface area contributed by atoms with Crippen molar-refractivity contribution in [2.45, 2.75) is 13.0 Å². The molecule has 0 aliphatic rings. The second-order valence-corrected chi connectivity index (χ2v) is 5.85. The zero-order valence-corrected chi connectivity index (χ0v) is 13.3. The molecule has 0 fully saturated rings. The fraction of sp³-hybridized carbons (Fsp3) is 0.200. The number of carbonyl (C=O) groups excluding carboxylic acids is 1. The second kappa shape index (κ2) is 6.25. The largest absolute Gasteiger partial charge is 0.340 e. The Bertz CT molecular complexity index is 827. The van der Waals surface area contributed by atoms with Crippen LogP contribution >= 0.6 is 11.5 Å². The number of amides is 1. The summed E-state index contributed by atoms with van der Waals surface area (Å²) in [6.45, 7) is 1.73. The Labute approximate surface area is 136 Å². The summed E-state index contributed by atoms with van der Waals surface area (Å²) in [5.41, 5.74) is 2.15. The SMILES string of the molecule is Cc1nnsc1C(=O)NC(c1ccc(F)cc1)c1cnn(C)c1. The smallest absolute Gasteiger partial charge is 0.265 e. The first-order valence-electron chi connectivity index (χ1n) is 6.88. The third kappa shape index (κ3) is 3.26. The molecule has 0 radical (unpaired) electrons. The standard InChI is InChI=1S/C15H14FN5OS/c1-9-14(23-20-19-9)15(22)18-13(11-7-17-21(2)8-11)10-3-5-12(16)6-4-10/h3-8,13H,1-2H3,(H,18,22). The topological polar surface area (TPSA) is 72.7 Å². The molecule has 1 aromatic carbocycles. The first kappa shape index (κ1) is 15.3. The van der Waals surface area contributed by atoms with Crippen LogP contribution in [-0.4, -0.2) is 25.3 Å². The maximum atomic E-state index is 13.2. The molecule has 1 atom stereocenters. The molecule has 0 aliphatic heterocycles. The second-order valence-electron chi connectivity index (χ2n) is 5.09. The van der Waals surface area contributed by atoms with E-state index < -0.39 is 6.04 Å². The summed E-state index contributed by atoms with van der Waals surface area (Å²) in [6.07, 6.45) is 3.48. The molecule has 0 saturated carbocycles. The number of halogens is 1. The minimum absolute atomic E-state index is 0.268. The summed E-state index contributed by atoms with van der Waals surface area (Å²) in [4.78, 5) is 12.9. The predicted molar refractivity (Wildman–Crippen MR) is 83.6 cm³/mol. The molecule has 0 aliphatic carbocycles. The van der Waals surface area contributed by atoms with Crippen molar-refractivity contribution in [3.8, 4) is 0 Å². The quantitative estimate of drug-likeness (QED) is 0.796. The van der Waals surface area contributed by atoms with Gasteiger partial charge >= 0.3 is 0 Å². The van der Waals surface area contributed by atoms with Gasteiger partial charge in [0, 0.05) is 18.8 Å². The Hall–Kier alpha value is -2.61. The van der Waals surface area contributed by atoms with Crippen molar-refractivity contribution in [3.05, 3.63) is 64.2 Å². The number of nitrogens with one attached hydrogen (secondary N) is 1. The Kier molecular flexibility index (Phi) is 4.16. The van der Waals surface area contributed by atoms with E-state index in [1.54, 1.807) is 37.0 Å². The van der Waals surface area contributed by atoms with E-state index in [0.29, 0.717) is 10.6 Å². The lowest BCUT2D eigenvalue weighted by molar-refractivity contribution is 0.0946. The van der Waals surface area contributed by atoms with Gasteiger partial charge in [-0.1, -0.05) is 16.6 Å². The van der Waals surface area contributed by atoms with Crippen LogP contribution in [0.3, 0.4) is 0 Å². The van der Waals surface area contributed by atoms with Crippen LogP contribution in [0.5, 0.6) is 0 Å². The first-order chi connectivity index (χ1) is 11.0. The van der Waals surface area contributed by atoms with Crippen molar-refractivity contribution in [3.63, 3.8) is 0 Å². The van der Waals surface area contributed by atoms with Crippen LogP contribution < -0.4 is 5.32 Å². The number of benzene rings is 1. The van der Waals surface area contributed by atoms with Crippen LogP contribution in [0, 0.1) is 12.7 Å². The number of rotatable bonds is 4. The summed E-state index contributed by atoms with van der Waals surface area (Å²) in [7, 11) is 1.80. The number of aromatic nitrogens is 4. The normalized spacial score (nSPS) is 12.1. The Balaban J connectivity index is 1.94. The molecular weight excluding hydrogens is 317 g/mol. The molecule has 3 aromatic rings. The minimum atomic E-state index is -0.432. The number of hydrogen-bond acceptors (Lipinski definition) is 5. The van der Waals surface area contributed by atoms with Crippen LogP contribution in [-0.2, 0) is 7.05 Å². The average molecular weight is 331 g/mol. The molecule has 23 heavy (non-hydrogen) atoms. The molecule has 1 amide bonds. The molecule has 118 valence electrons. The fourth-order valence-electron chi connectivity index (χ4n) is 2.24. The van der Waals surface area contributed by atoms with Gasteiger partial charge in [0.25, 0.3) is 5.91 Å². The fourth-order valence-corrected chi connectivity index (χ4v) is 2.80. The van der Waals surface area contributed by atoms with E-state index in [1.165, 1.54) is 12.1 Å². The molecule has 2 heterocycles. The van der Waals surface area contributed by atoms with Gasteiger partial charge in [0.2, 0.25) is 0 Å². The maximum absolute atomic E-state index is 13.2. The van der Waals surface area contributed by atoms with E-state index >= 15 is 0 Å². The van der Waals surface area contributed by atoms with E-state index in [2.05, 4.69) is 20.0 Å². The van der Waals surface area contributed by atoms with Crippen LogP contribution in [0.2, 0.25) is 0 Å². The van der Waals surface area contributed by atoms with Crippen LogP contribution in [0.25, 0.3) is 0 Å². The summed E-state index contributed by atoms with van der Waals surface area (Å²) >= 11 is 1.04. The van der Waals surface area contributed by atoms with Crippen molar-refractivity contribution >= 4 is 17.4 Å². The highest BCUT2D eigenvalue weighted by Crippen LogP contribution is 2.23. The van der Waals surface area contributed by atoms with E-state index in [-0.39, 0.29) is 11.7 Å². The van der Waals surface area contributed by atoms with Crippen LogP contribution in [0.15, 0.2) is 36.7 Å². The molecular formula is C15H14FN5OS. The van der Waals surface area contributed by atoms with Gasteiger partial charge in [0.15, 0.2) is 0 Å². The third-order valence-corrected chi connectivity index (χ3v) is 4.22. The van der Waals surface area contributed by atoms with E-state index in [0.717, 1.165) is 22.7 Å². The predicted octanol–water partition coefficient (Wildman–Crippen LogP) is 2.24. The van der Waals surface area contributed by atoms with Gasteiger partial charge < -0.3 is 5.32 Å². The highest BCUT2D eigenvalue weighted by molar-refractivity contribution is 7.08. The van der Waals surface area contributed by atoms with Gasteiger partial charge in [-0.15, -0.1) is 5.10 Å². The first-order valence-corrected chi connectivity index (χ1v) is 7.66. The number of aryl methyl sites for hydroxylation is 2. The average Bonchev–Trinajstić information content (AvgIpc) is 3.14. The maximum Gasteiger partial charge on any atom is 0.265 e. The zero-order valence-electron chi connectivity index (χ0n) is 12.5. The highest BCUT2D eigenvalue weighted by atomic mass is 32.1. The minimum Gasteiger partial charge on any atom is -0.340 e. The van der Waals surface area contributed by atoms with Gasteiger partial charge in [0.05, 0.1) is 17.9 Å². The molecule has 2 aromatic heterocycles. The van der Waals surface area contributed by atoms with Gasteiger partial charge in [-0.25, -0.2) is 4.39 Å². The molecule has 1 unspecified atom stereocenters. The molecule has 6 nitrogen and oxygen atoms in total. The van der Waals surface area contributed by atoms with Crippen molar-refractivity contribution < 1.29 is 9.18 Å². The highest BCUT2D eigenvalue weighted by Gasteiger charge is 2.21.